The molecule has 0 unspecified atom stereocenters. The maximum absolute atomic E-state index is 8.20. The zero-order valence-electron chi connectivity index (χ0n) is 4.94. The Morgan fingerprint density at radius 2 is 2.29 bits per heavy atom. The van der Waals surface area contributed by atoms with E-state index in [1.807, 2.05) is 6.92 Å². The van der Waals surface area contributed by atoms with Crippen molar-refractivity contribution in [3.05, 3.63) is 18.6 Å². The van der Waals surface area contributed by atoms with Crippen LogP contribution < -0.4 is 18.9 Å². The number of allylic oxidation sites excluding steroid dienone is 1. The summed E-state index contributed by atoms with van der Waals surface area (Å²) < 4.78 is 0. The Bertz CT molecular complexity index is 59.1. The van der Waals surface area contributed by atoms with Gasteiger partial charge in [-0.05, 0) is 0 Å². The first-order valence-electron chi connectivity index (χ1n) is 1.89. The van der Waals surface area contributed by atoms with Gasteiger partial charge in [-0.3, -0.25) is 0 Å². The monoisotopic (exact) mass is 92.1 g/mol. The van der Waals surface area contributed by atoms with Crippen LogP contribution in [0.15, 0.2) is 11.6 Å². The molecule has 0 aliphatic rings. The van der Waals surface area contributed by atoms with Gasteiger partial charge in [0.05, 0.1) is 0 Å². The molecular formula is C5H9LiO. The molecule has 0 amide bonds. The molecule has 0 aliphatic heterocycles. The summed E-state index contributed by atoms with van der Waals surface area (Å²) in [6, 6.07) is 0. The van der Waals surface area contributed by atoms with Crippen LogP contribution in [0.4, 0.5) is 0 Å². The summed E-state index contributed by atoms with van der Waals surface area (Å²) in [4.78, 5) is 0. The average Bonchev–Trinajstić information content (AvgIpc) is 1.65. The summed E-state index contributed by atoms with van der Waals surface area (Å²) in [6.07, 6.45) is 1.78. The van der Waals surface area contributed by atoms with Crippen LogP contribution >= 0.6 is 0 Å². The molecule has 0 aromatic heterocycles. The minimum Gasteiger partial charge on any atom is -0.395 e. The molecule has 0 aliphatic carbocycles. The maximum Gasteiger partial charge on any atom is 1.00 e. The van der Waals surface area contributed by atoms with Crippen LogP contribution in [0.3, 0.4) is 0 Å². The van der Waals surface area contributed by atoms with Crippen molar-refractivity contribution in [2.75, 3.05) is 6.61 Å². The Hall–Kier alpha value is 0.167. The van der Waals surface area contributed by atoms with Gasteiger partial charge in [0.25, 0.3) is 0 Å². The molecule has 0 atom stereocenters. The molecule has 0 radical (unpaired) electrons. The normalized spacial score (nSPS) is 10.3. The molecule has 0 heterocycles. The van der Waals surface area contributed by atoms with Gasteiger partial charge in [0.2, 0.25) is 0 Å². The quantitative estimate of drug-likeness (QED) is 0.286. The van der Waals surface area contributed by atoms with Gasteiger partial charge in [0.1, 0.15) is 0 Å². The molecule has 0 spiro atoms. The number of hydrogen-bond acceptors (Lipinski definition) is 1. The first-order valence-corrected chi connectivity index (χ1v) is 1.89. The fourth-order valence-corrected chi connectivity index (χ4v) is 0.0913. The zero-order valence-corrected chi connectivity index (χ0v) is 4.94. The molecule has 0 rings (SSSR count). The van der Waals surface area contributed by atoms with E-state index in [9.17, 15) is 0 Å². The molecule has 2 heteroatoms. The molecule has 0 aromatic carbocycles. The first kappa shape index (κ1) is 10.2. The van der Waals surface area contributed by atoms with E-state index in [1.165, 1.54) is 0 Å². The van der Waals surface area contributed by atoms with Crippen LogP contribution in [0.5, 0.6) is 0 Å². The van der Waals surface area contributed by atoms with Crippen molar-refractivity contribution in [3.63, 3.8) is 0 Å². The number of hydrogen-bond donors (Lipinski definition) is 1. The molecule has 1 N–H and O–H groups in total. The summed E-state index contributed by atoms with van der Waals surface area (Å²) in [5.41, 5.74) is 0.773. The van der Waals surface area contributed by atoms with Crippen LogP contribution in [-0.2, 0) is 0 Å². The molecule has 0 aromatic rings. The Morgan fingerprint density at radius 1 is 1.86 bits per heavy atom. The number of aliphatic hydroxyl groups excluding tert-OH is 1. The second-order valence-corrected chi connectivity index (χ2v) is 1.11. The minimum atomic E-state index is 0. The van der Waals surface area contributed by atoms with E-state index < -0.39 is 0 Å². The van der Waals surface area contributed by atoms with Crippen molar-refractivity contribution < 1.29 is 24.0 Å². The smallest absolute Gasteiger partial charge is 0.395 e. The van der Waals surface area contributed by atoms with Crippen molar-refractivity contribution in [1.82, 2.24) is 0 Å². The van der Waals surface area contributed by atoms with Crippen molar-refractivity contribution in [2.24, 2.45) is 0 Å². The third-order valence-corrected chi connectivity index (χ3v) is 0.611. The van der Waals surface area contributed by atoms with Gasteiger partial charge in [0.15, 0.2) is 0 Å². The summed E-state index contributed by atoms with van der Waals surface area (Å²) in [5.74, 6) is 0. The van der Waals surface area contributed by atoms with E-state index in [0.717, 1.165) is 5.57 Å². The third-order valence-electron chi connectivity index (χ3n) is 0.611. The van der Waals surface area contributed by atoms with Crippen molar-refractivity contribution in [1.29, 1.82) is 0 Å². The van der Waals surface area contributed by atoms with E-state index in [4.69, 9.17) is 5.11 Å². The van der Waals surface area contributed by atoms with E-state index in [0.29, 0.717) is 0 Å². The fourth-order valence-electron chi connectivity index (χ4n) is 0.0913. The second-order valence-electron chi connectivity index (χ2n) is 1.11. The third kappa shape index (κ3) is 6.17. The van der Waals surface area contributed by atoms with Crippen LogP contribution in [0.1, 0.15) is 6.92 Å². The van der Waals surface area contributed by atoms with Crippen LogP contribution in [0.25, 0.3) is 0 Å². The largest absolute Gasteiger partial charge is 1.00 e. The van der Waals surface area contributed by atoms with Gasteiger partial charge in [-0.1, -0.05) is 0 Å². The van der Waals surface area contributed by atoms with Gasteiger partial charge in [0, 0.05) is 6.61 Å². The van der Waals surface area contributed by atoms with Crippen molar-refractivity contribution >= 4 is 0 Å². The molecule has 1 nitrogen and oxygen atoms in total. The van der Waals surface area contributed by atoms with Gasteiger partial charge in [-0.2, -0.15) is 5.57 Å². The van der Waals surface area contributed by atoms with Crippen molar-refractivity contribution in [3.8, 4) is 0 Å². The summed E-state index contributed by atoms with van der Waals surface area (Å²) >= 11 is 0. The Balaban J connectivity index is 0. The predicted octanol–water partition coefficient (Wildman–Crippen LogP) is -2.24. The van der Waals surface area contributed by atoms with Gasteiger partial charge in [-0.25, -0.2) is 13.0 Å². The van der Waals surface area contributed by atoms with E-state index in [1.54, 1.807) is 6.08 Å². The Labute approximate surface area is 56.6 Å². The number of rotatable bonds is 1. The van der Waals surface area contributed by atoms with Gasteiger partial charge < -0.3 is 5.11 Å². The molecule has 0 fully saturated rings. The average molecular weight is 92.1 g/mol. The molecule has 0 saturated carbocycles. The van der Waals surface area contributed by atoms with E-state index >= 15 is 0 Å². The maximum atomic E-state index is 8.20. The second kappa shape index (κ2) is 6.17. The van der Waals surface area contributed by atoms with E-state index in [-0.39, 0.29) is 25.5 Å². The Kier molecular flexibility index (Phi) is 9.00. The summed E-state index contributed by atoms with van der Waals surface area (Å²) in [6.45, 7) is 5.41. The SMILES string of the molecule is [CH2-]/C(=C\C)CO.[Li+]. The topological polar surface area (TPSA) is 20.2 Å². The summed E-state index contributed by atoms with van der Waals surface area (Å²) in [5, 5.41) is 8.20. The van der Waals surface area contributed by atoms with Crippen LogP contribution in [0, 0.1) is 6.92 Å². The first-order chi connectivity index (χ1) is 2.81. The molecule has 0 saturated heterocycles. The van der Waals surface area contributed by atoms with Gasteiger partial charge >= 0.3 is 18.9 Å². The minimum absolute atomic E-state index is 0. The predicted molar refractivity (Wildman–Crippen MR) is 26.2 cm³/mol. The van der Waals surface area contributed by atoms with Crippen LogP contribution in [0.2, 0.25) is 0 Å². The molecular weight excluding hydrogens is 83.0 g/mol. The van der Waals surface area contributed by atoms with Gasteiger partial charge in [-0.15, -0.1) is 6.92 Å². The molecule has 0 bridgehead atoms. The fraction of sp³-hybridized carbons (Fsp3) is 0.400. The Morgan fingerprint density at radius 3 is 2.29 bits per heavy atom. The standard InChI is InChI=1S/C5H9O.Li/c1-3-5(2)4-6;/h3,6H,2,4H2,1H3;/q-1;+1/b5-3+;. The molecule has 7 heavy (non-hydrogen) atoms. The molecule has 36 valence electrons. The zero-order chi connectivity index (χ0) is 4.99. The van der Waals surface area contributed by atoms with Crippen LogP contribution in [-0.4, -0.2) is 11.7 Å². The van der Waals surface area contributed by atoms with Crippen molar-refractivity contribution in [2.45, 2.75) is 6.92 Å². The van der Waals surface area contributed by atoms with E-state index in [2.05, 4.69) is 6.92 Å². The number of aliphatic hydroxyl groups is 1. The summed E-state index contributed by atoms with van der Waals surface area (Å²) in [7, 11) is 0.